The van der Waals surface area contributed by atoms with E-state index in [1.54, 1.807) is 0 Å². The molecule has 0 radical (unpaired) electrons. The molecule has 1 rings (SSSR count). The zero-order valence-corrected chi connectivity index (χ0v) is 10.6. The topological polar surface area (TPSA) is 66.4 Å². The molecular formula is C9H9Cl2NO3S. The molecule has 0 saturated carbocycles. The van der Waals surface area contributed by atoms with Gasteiger partial charge in [0.15, 0.2) is 0 Å². The summed E-state index contributed by atoms with van der Waals surface area (Å²) in [4.78, 5) is 22.1. The summed E-state index contributed by atoms with van der Waals surface area (Å²) in [6, 6.07) is 1.45. The normalized spacial score (nSPS) is 12.2. The third-order valence-corrected chi connectivity index (χ3v) is 3.38. The van der Waals surface area contributed by atoms with Gasteiger partial charge < -0.3 is 10.4 Å². The van der Waals surface area contributed by atoms with Crippen molar-refractivity contribution in [2.75, 3.05) is 6.54 Å². The molecule has 1 aromatic rings. The van der Waals surface area contributed by atoms with Crippen LogP contribution in [0.1, 0.15) is 17.3 Å². The van der Waals surface area contributed by atoms with E-state index >= 15 is 0 Å². The Kier molecular flexibility index (Phi) is 4.58. The predicted molar refractivity (Wildman–Crippen MR) is 63.5 cm³/mol. The lowest BCUT2D eigenvalue weighted by Crippen LogP contribution is -2.31. The number of hydrogen-bond acceptors (Lipinski definition) is 3. The lowest BCUT2D eigenvalue weighted by molar-refractivity contribution is -0.140. The highest BCUT2D eigenvalue weighted by atomic mass is 35.5. The molecule has 4 nitrogen and oxygen atoms in total. The van der Waals surface area contributed by atoms with Crippen LogP contribution in [0.4, 0.5) is 0 Å². The molecule has 0 aliphatic rings. The summed E-state index contributed by atoms with van der Waals surface area (Å²) in [5.41, 5.74) is 0.272. The van der Waals surface area contributed by atoms with Crippen LogP contribution in [0.5, 0.6) is 0 Å². The Morgan fingerprint density at radius 3 is 2.62 bits per heavy atom. The van der Waals surface area contributed by atoms with E-state index in [1.807, 2.05) is 0 Å². The molecule has 0 aliphatic carbocycles. The highest BCUT2D eigenvalue weighted by Gasteiger charge is 2.16. The van der Waals surface area contributed by atoms with E-state index in [-0.39, 0.29) is 12.1 Å². The minimum absolute atomic E-state index is 0.0535. The van der Waals surface area contributed by atoms with Crippen LogP contribution in [0.2, 0.25) is 8.67 Å². The molecule has 1 heterocycles. The number of hydrogen-bond donors (Lipinski definition) is 2. The van der Waals surface area contributed by atoms with E-state index in [4.69, 9.17) is 28.3 Å². The summed E-state index contributed by atoms with van der Waals surface area (Å²) < 4.78 is 0.715. The van der Waals surface area contributed by atoms with Gasteiger partial charge in [-0.05, 0) is 6.07 Å². The van der Waals surface area contributed by atoms with Crippen molar-refractivity contribution >= 4 is 46.4 Å². The first-order chi connectivity index (χ1) is 7.41. The van der Waals surface area contributed by atoms with Gasteiger partial charge in [-0.15, -0.1) is 11.3 Å². The number of aliphatic carboxylic acids is 1. The van der Waals surface area contributed by atoms with Gasteiger partial charge in [-0.1, -0.05) is 30.1 Å². The van der Waals surface area contributed by atoms with E-state index in [1.165, 1.54) is 13.0 Å². The van der Waals surface area contributed by atoms with Gasteiger partial charge in [-0.3, -0.25) is 9.59 Å². The zero-order chi connectivity index (χ0) is 12.3. The Labute approximate surface area is 106 Å². The summed E-state index contributed by atoms with van der Waals surface area (Å²) in [7, 11) is 0. The molecule has 1 unspecified atom stereocenters. The van der Waals surface area contributed by atoms with Crippen LogP contribution in [0.25, 0.3) is 0 Å². The lowest BCUT2D eigenvalue weighted by atomic mass is 10.2. The Morgan fingerprint density at radius 1 is 1.56 bits per heavy atom. The van der Waals surface area contributed by atoms with Gasteiger partial charge in [0.1, 0.15) is 4.34 Å². The molecule has 2 N–H and O–H groups in total. The summed E-state index contributed by atoms with van der Waals surface area (Å²) in [6.07, 6.45) is 0. The number of halogens is 2. The van der Waals surface area contributed by atoms with Gasteiger partial charge in [0, 0.05) is 6.54 Å². The standard InChI is InChI=1S/C9H9Cl2NO3S/c1-4(9(14)15)3-12-8(13)5-2-6(10)16-7(5)11/h2,4H,3H2,1H3,(H,12,13)(H,14,15). The van der Waals surface area contributed by atoms with Crippen LogP contribution in [-0.4, -0.2) is 23.5 Å². The second-order valence-electron chi connectivity index (χ2n) is 3.19. The van der Waals surface area contributed by atoms with Crippen molar-refractivity contribution in [2.24, 2.45) is 5.92 Å². The third kappa shape index (κ3) is 3.37. The first-order valence-corrected chi connectivity index (χ1v) is 5.95. The first kappa shape index (κ1) is 13.3. The molecular weight excluding hydrogens is 273 g/mol. The Hall–Kier alpha value is -0.780. The van der Waals surface area contributed by atoms with Gasteiger partial charge in [0.05, 0.1) is 15.8 Å². The molecule has 0 saturated heterocycles. The minimum Gasteiger partial charge on any atom is -0.481 e. The molecule has 16 heavy (non-hydrogen) atoms. The van der Waals surface area contributed by atoms with Crippen LogP contribution >= 0.6 is 34.5 Å². The quantitative estimate of drug-likeness (QED) is 0.891. The monoisotopic (exact) mass is 281 g/mol. The zero-order valence-electron chi connectivity index (χ0n) is 8.29. The van der Waals surface area contributed by atoms with Crippen molar-refractivity contribution in [3.8, 4) is 0 Å². The summed E-state index contributed by atoms with van der Waals surface area (Å²) in [5.74, 6) is -2.02. The van der Waals surface area contributed by atoms with Crippen molar-refractivity contribution < 1.29 is 14.7 Å². The highest BCUT2D eigenvalue weighted by molar-refractivity contribution is 7.20. The van der Waals surface area contributed by atoms with Crippen LogP contribution in [-0.2, 0) is 4.79 Å². The molecule has 0 spiro atoms. The number of carboxylic acids is 1. The fraction of sp³-hybridized carbons (Fsp3) is 0.333. The van der Waals surface area contributed by atoms with E-state index < -0.39 is 17.8 Å². The predicted octanol–water partition coefficient (Wildman–Crippen LogP) is 2.51. The molecule has 7 heteroatoms. The van der Waals surface area contributed by atoms with Crippen molar-refractivity contribution in [2.45, 2.75) is 6.92 Å². The molecule has 0 aliphatic heterocycles. The van der Waals surface area contributed by atoms with Crippen LogP contribution in [0, 0.1) is 5.92 Å². The number of rotatable bonds is 4. The largest absolute Gasteiger partial charge is 0.481 e. The first-order valence-electron chi connectivity index (χ1n) is 4.37. The maximum absolute atomic E-state index is 11.6. The molecule has 0 aromatic carbocycles. The highest BCUT2D eigenvalue weighted by Crippen LogP contribution is 2.30. The molecule has 88 valence electrons. The minimum atomic E-state index is -0.963. The lowest BCUT2D eigenvalue weighted by Gasteiger charge is -2.07. The third-order valence-electron chi connectivity index (χ3n) is 1.89. The van der Waals surface area contributed by atoms with Gasteiger partial charge >= 0.3 is 5.97 Å². The molecule has 1 aromatic heterocycles. The summed E-state index contributed by atoms with van der Waals surface area (Å²) >= 11 is 12.5. The van der Waals surface area contributed by atoms with E-state index in [2.05, 4.69) is 5.32 Å². The Bertz CT molecular complexity index is 419. The average molecular weight is 282 g/mol. The van der Waals surface area contributed by atoms with E-state index in [0.717, 1.165) is 11.3 Å². The fourth-order valence-corrected chi connectivity index (χ4v) is 2.38. The van der Waals surface area contributed by atoms with Crippen molar-refractivity contribution in [1.29, 1.82) is 0 Å². The van der Waals surface area contributed by atoms with Crippen molar-refractivity contribution in [3.05, 3.63) is 20.3 Å². The summed E-state index contributed by atoms with van der Waals surface area (Å²) in [5, 5.41) is 11.1. The number of carbonyl (C=O) groups excluding carboxylic acids is 1. The average Bonchev–Trinajstić information content (AvgIpc) is 2.53. The Balaban J connectivity index is 2.60. The second-order valence-corrected chi connectivity index (χ2v) is 5.47. The molecule has 1 atom stereocenters. The van der Waals surface area contributed by atoms with Gasteiger partial charge in [0.25, 0.3) is 5.91 Å². The van der Waals surface area contributed by atoms with Crippen LogP contribution in [0.15, 0.2) is 6.07 Å². The van der Waals surface area contributed by atoms with Crippen LogP contribution < -0.4 is 5.32 Å². The number of amides is 1. The fourth-order valence-electron chi connectivity index (χ4n) is 0.923. The molecule has 0 bridgehead atoms. The number of carbonyl (C=O) groups is 2. The van der Waals surface area contributed by atoms with Crippen molar-refractivity contribution in [3.63, 3.8) is 0 Å². The van der Waals surface area contributed by atoms with E-state index in [9.17, 15) is 9.59 Å². The maximum Gasteiger partial charge on any atom is 0.308 e. The number of carboxylic acid groups (broad SMARTS) is 1. The second kappa shape index (κ2) is 5.52. The SMILES string of the molecule is CC(CNC(=O)c1cc(Cl)sc1Cl)C(=O)O. The summed E-state index contributed by atoms with van der Waals surface area (Å²) in [6.45, 7) is 1.56. The van der Waals surface area contributed by atoms with Crippen LogP contribution in [0.3, 0.4) is 0 Å². The van der Waals surface area contributed by atoms with Gasteiger partial charge in [-0.25, -0.2) is 0 Å². The van der Waals surface area contributed by atoms with Gasteiger partial charge in [0.2, 0.25) is 0 Å². The maximum atomic E-state index is 11.6. The molecule has 0 fully saturated rings. The Morgan fingerprint density at radius 2 is 2.19 bits per heavy atom. The van der Waals surface area contributed by atoms with E-state index in [0.29, 0.717) is 8.67 Å². The number of thiophene rings is 1. The van der Waals surface area contributed by atoms with Crippen molar-refractivity contribution in [1.82, 2.24) is 5.32 Å². The van der Waals surface area contributed by atoms with Gasteiger partial charge in [-0.2, -0.15) is 0 Å². The number of nitrogens with one attached hydrogen (secondary N) is 1. The molecule has 1 amide bonds. The smallest absolute Gasteiger partial charge is 0.308 e.